The van der Waals surface area contributed by atoms with E-state index in [-0.39, 0.29) is 0 Å². The van der Waals surface area contributed by atoms with Crippen LogP contribution in [-0.4, -0.2) is 28.9 Å². The summed E-state index contributed by atoms with van der Waals surface area (Å²) >= 11 is 5.70. The maximum Gasteiger partial charge on any atom is 0.207 e. The van der Waals surface area contributed by atoms with Crippen LogP contribution in [0, 0.1) is 11.5 Å². The SMILES string of the molecule is C/C(=N\C#N)N(CCCF)Cc1ccc(Cl)nc1. The van der Waals surface area contributed by atoms with Crippen LogP contribution in [0.25, 0.3) is 0 Å². The highest BCUT2D eigenvalue weighted by Crippen LogP contribution is 2.09. The Balaban J connectivity index is 2.75. The third-order valence-electron chi connectivity index (χ3n) is 2.39. The topological polar surface area (TPSA) is 52.3 Å². The number of nitriles is 1. The number of aliphatic imine (C=N–C) groups is 1. The van der Waals surface area contributed by atoms with Gasteiger partial charge in [-0.15, -0.1) is 0 Å². The van der Waals surface area contributed by atoms with E-state index in [0.717, 1.165) is 5.56 Å². The quantitative estimate of drug-likeness (QED) is 0.357. The molecule has 1 aromatic rings. The summed E-state index contributed by atoms with van der Waals surface area (Å²) in [6.45, 7) is 2.37. The summed E-state index contributed by atoms with van der Waals surface area (Å²) in [6, 6.07) is 3.54. The van der Waals surface area contributed by atoms with Crippen LogP contribution < -0.4 is 0 Å². The molecule has 6 heteroatoms. The van der Waals surface area contributed by atoms with Crippen molar-refractivity contribution in [2.75, 3.05) is 13.2 Å². The van der Waals surface area contributed by atoms with E-state index in [2.05, 4.69) is 9.98 Å². The standard InChI is InChI=1S/C12H14ClFN4/c1-10(17-9-15)18(6-2-5-14)8-11-3-4-12(13)16-7-11/h3-4,7H,2,5-6,8H2,1H3/b17-10+. The molecule has 0 aliphatic carbocycles. The zero-order chi connectivity index (χ0) is 13.4. The predicted molar refractivity (Wildman–Crippen MR) is 69.0 cm³/mol. The number of alkyl halides is 1. The molecule has 0 N–H and O–H groups in total. The minimum Gasteiger partial charge on any atom is -0.355 e. The first-order valence-electron chi connectivity index (χ1n) is 5.52. The molecule has 0 aromatic carbocycles. The van der Waals surface area contributed by atoms with Gasteiger partial charge in [-0.3, -0.25) is 4.39 Å². The Kier molecular flexibility index (Phi) is 6.09. The van der Waals surface area contributed by atoms with Gasteiger partial charge in [0, 0.05) is 19.3 Å². The number of pyridine rings is 1. The highest BCUT2D eigenvalue weighted by Gasteiger charge is 2.08. The number of hydrogen-bond donors (Lipinski definition) is 0. The fraction of sp³-hybridized carbons (Fsp3) is 0.417. The third-order valence-corrected chi connectivity index (χ3v) is 2.62. The van der Waals surface area contributed by atoms with E-state index in [1.165, 1.54) is 0 Å². The summed E-state index contributed by atoms with van der Waals surface area (Å²) in [5.74, 6) is 0.570. The zero-order valence-corrected chi connectivity index (χ0v) is 10.9. The fourth-order valence-corrected chi connectivity index (χ4v) is 1.58. The van der Waals surface area contributed by atoms with Gasteiger partial charge in [-0.1, -0.05) is 17.7 Å². The Morgan fingerprint density at radius 2 is 2.39 bits per heavy atom. The van der Waals surface area contributed by atoms with Crippen molar-refractivity contribution in [3.05, 3.63) is 29.0 Å². The van der Waals surface area contributed by atoms with Crippen molar-refractivity contribution in [3.63, 3.8) is 0 Å². The summed E-state index contributed by atoms with van der Waals surface area (Å²) in [5, 5.41) is 8.97. The van der Waals surface area contributed by atoms with Gasteiger partial charge in [-0.05, 0) is 25.0 Å². The maximum atomic E-state index is 12.2. The van der Waals surface area contributed by atoms with Gasteiger partial charge in [0.05, 0.1) is 6.67 Å². The van der Waals surface area contributed by atoms with Gasteiger partial charge in [0.15, 0.2) is 0 Å². The average Bonchev–Trinajstić information content (AvgIpc) is 2.37. The van der Waals surface area contributed by atoms with Crippen LogP contribution in [0.15, 0.2) is 23.3 Å². The molecule has 0 unspecified atom stereocenters. The maximum absolute atomic E-state index is 12.2. The van der Waals surface area contributed by atoms with Gasteiger partial charge < -0.3 is 4.90 Å². The van der Waals surface area contributed by atoms with Gasteiger partial charge in [0.1, 0.15) is 11.0 Å². The number of nitrogens with zero attached hydrogens (tertiary/aromatic N) is 4. The molecular weight excluding hydrogens is 255 g/mol. The summed E-state index contributed by atoms with van der Waals surface area (Å²) in [6.07, 6.45) is 3.79. The lowest BCUT2D eigenvalue weighted by Gasteiger charge is -2.23. The molecule has 96 valence electrons. The molecule has 0 aliphatic heterocycles. The molecule has 0 fully saturated rings. The lowest BCUT2D eigenvalue weighted by molar-refractivity contribution is 0.364. The lowest BCUT2D eigenvalue weighted by Crippen LogP contribution is -2.29. The molecule has 0 spiro atoms. The monoisotopic (exact) mass is 268 g/mol. The van der Waals surface area contributed by atoms with Gasteiger partial charge in [-0.25, -0.2) is 4.98 Å². The van der Waals surface area contributed by atoms with E-state index in [1.54, 1.807) is 25.4 Å². The minimum absolute atomic E-state index is 0.394. The van der Waals surface area contributed by atoms with Crippen LogP contribution in [0.3, 0.4) is 0 Å². The molecule has 1 heterocycles. The van der Waals surface area contributed by atoms with E-state index in [0.29, 0.717) is 30.5 Å². The van der Waals surface area contributed by atoms with Crippen LogP contribution in [0.4, 0.5) is 4.39 Å². The van der Waals surface area contributed by atoms with E-state index >= 15 is 0 Å². The van der Waals surface area contributed by atoms with Crippen LogP contribution >= 0.6 is 11.6 Å². The third kappa shape index (κ3) is 4.68. The molecule has 0 radical (unpaired) electrons. The Morgan fingerprint density at radius 1 is 1.61 bits per heavy atom. The largest absolute Gasteiger partial charge is 0.355 e. The second-order valence-electron chi connectivity index (χ2n) is 3.71. The number of amidine groups is 1. The van der Waals surface area contributed by atoms with Crippen molar-refractivity contribution >= 4 is 17.4 Å². The van der Waals surface area contributed by atoms with E-state index in [4.69, 9.17) is 16.9 Å². The van der Waals surface area contributed by atoms with Crippen molar-refractivity contribution in [2.24, 2.45) is 4.99 Å². The van der Waals surface area contributed by atoms with Crippen molar-refractivity contribution in [1.29, 1.82) is 5.26 Å². The Hall–Kier alpha value is -1.67. The van der Waals surface area contributed by atoms with E-state index < -0.39 is 6.67 Å². The lowest BCUT2D eigenvalue weighted by atomic mass is 10.2. The minimum atomic E-state index is -0.394. The van der Waals surface area contributed by atoms with Crippen LogP contribution in [0.1, 0.15) is 18.9 Å². The van der Waals surface area contributed by atoms with Crippen LogP contribution in [0.5, 0.6) is 0 Å². The summed E-state index contributed by atoms with van der Waals surface area (Å²) in [7, 11) is 0. The Labute approximate surface area is 111 Å². The van der Waals surface area contributed by atoms with Crippen LogP contribution in [-0.2, 0) is 6.54 Å². The molecule has 1 rings (SSSR count). The zero-order valence-electron chi connectivity index (χ0n) is 10.1. The molecular formula is C12H14ClFN4. The molecule has 1 aromatic heterocycles. The molecule has 0 aliphatic rings. The molecule has 18 heavy (non-hydrogen) atoms. The normalized spacial score (nSPS) is 11.1. The molecule has 0 saturated carbocycles. The highest BCUT2D eigenvalue weighted by molar-refractivity contribution is 6.29. The van der Waals surface area contributed by atoms with E-state index in [9.17, 15) is 4.39 Å². The average molecular weight is 269 g/mol. The second-order valence-corrected chi connectivity index (χ2v) is 4.10. The smallest absolute Gasteiger partial charge is 0.207 e. The second kappa shape index (κ2) is 7.62. The van der Waals surface area contributed by atoms with Gasteiger partial charge in [0.25, 0.3) is 0 Å². The van der Waals surface area contributed by atoms with Crippen molar-refractivity contribution in [2.45, 2.75) is 19.9 Å². The number of aromatic nitrogens is 1. The van der Waals surface area contributed by atoms with E-state index in [1.807, 2.05) is 11.0 Å². The molecule has 0 atom stereocenters. The van der Waals surface area contributed by atoms with Gasteiger partial charge >= 0.3 is 0 Å². The van der Waals surface area contributed by atoms with Crippen LogP contribution in [0.2, 0.25) is 5.15 Å². The number of hydrogen-bond acceptors (Lipinski definition) is 3. The summed E-state index contributed by atoms with van der Waals surface area (Å²) in [4.78, 5) is 9.49. The van der Waals surface area contributed by atoms with Gasteiger partial charge in [-0.2, -0.15) is 10.3 Å². The first-order valence-corrected chi connectivity index (χ1v) is 5.90. The predicted octanol–water partition coefficient (Wildman–Crippen LogP) is 2.80. The number of halogens is 2. The van der Waals surface area contributed by atoms with Gasteiger partial charge in [0.2, 0.25) is 6.19 Å². The van der Waals surface area contributed by atoms with Crippen molar-refractivity contribution in [1.82, 2.24) is 9.88 Å². The summed E-state index contributed by atoms with van der Waals surface area (Å²) < 4.78 is 12.2. The van der Waals surface area contributed by atoms with Crippen molar-refractivity contribution < 1.29 is 4.39 Å². The first-order chi connectivity index (χ1) is 8.67. The summed E-state index contributed by atoms with van der Waals surface area (Å²) in [5.41, 5.74) is 0.936. The Morgan fingerprint density at radius 3 is 2.94 bits per heavy atom. The van der Waals surface area contributed by atoms with Crippen molar-refractivity contribution in [3.8, 4) is 6.19 Å². The molecule has 4 nitrogen and oxygen atoms in total. The first kappa shape index (κ1) is 14.4. The Bertz CT molecular complexity index is 438. The highest BCUT2D eigenvalue weighted by atomic mass is 35.5. The molecule has 0 saturated heterocycles. The molecule has 0 bridgehead atoms. The fourth-order valence-electron chi connectivity index (χ4n) is 1.47. The number of rotatable bonds is 5. The molecule has 0 amide bonds.